The van der Waals surface area contributed by atoms with Gasteiger partial charge in [0.05, 0.1) is 0 Å². The van der Waals surface area contributed by atoms with Crippen LogP contribution in [0, 0.1) is 17.3 Å². The lowest BCUT2D eigenvalue weighted by molar-refractivity contribution is 0.173. The maximum Gasteiger partial charge on any atom is -0.00329 e. The molecule has 0 aromatic rings. The molecule has 0 heteroatoms. The van der Waals surface area contributed by atoms with E-state index >= 15 is 0 Å². The molecule has 0 aliphatic rings. The first-order valence-corrected chi connectivity index (χ1v) is 6.21. The Morgan fingerprint density at radius 2 is 1.87 bits per heavy atom. The van der Waals surface area contributed by atoms with Crippen molar-refractivity contribution in [3.05, 3.63) is 24.3 Å². The maximum absolute atomic E-state index is 4.13. The summed E-state index contributed by atoms with van der Waals surface area (Å²) in [6.07, 6.45) is 7.10. The Labute approximate surface area is 96.5 Å². The Hall–Kier alpha value is -0.520. The van der Waals surface area contributed by atoms with E-state index < -0.39 is 0 Å². The van der Waals surface area contributed by atoms with Gasteiger partial charge >= 0.3 is 0 Å². The first kappa shape index (κ1) is 14.5. The zero-order chi connectivity index (χ0) is 12.1. The summed E-state index contributed by atoms with van der Waals surface area (Å²) in [7, 11) is 0. The lowest BCUT2D eigenvalue weighted by Crippen LogP contribution is -2.33. The molecule has 0 aliphatic carbocycles. The van der Waals surface area contributed by atoms with Crippen molar-refractivity contribution in [3.8, 4) is 0 Å². The topological polar surface area (TPSA) is 0 Å². The van der Waals surface area contributed by atoms with Gasteiger partial charge in [-0.3, -0.25) is 0 Å². The van der Waals surface area contributed by atoms with Gasteiger partial charge in [-0.25, -0.2) is 0 Å². The fraction of sp³-hybridized carbons (Fsp3) is 0.733. The second kappa shape index (κ2) is 6.15. The highest BCUT2D eigenvalue weighted by Gasteiger charge is 2.35. The standard InChI is InChI=1S/C15H28/c1-8-10-15(11-9-2,13(5)6)14(7)12(3)4/h8,10,13-14H,3,9,11H2,1-2,4-7H3. The van der Waals surface area contributed by atoms with E-state index in [0.29, 0.717) is 17.3 Å². The van der Waals surface area contributed by atoms with Gasteiger partial charge in [-0.15, -0.1) is 0 Å². The molecule has 0 saturated heterocycles. The fourth-order valence-corrected chi connectivity index (χ4v) is 2.63. The molecule has 0 spiro atoms. The summed E-state index contributed by atoms with van der Waals surface area (Å²) >= 11 is 0. The van der Waals surface area contributed by atoms with Gasteiger partial charge in [0.1, 0.15) is 0 Å². The molecule has 0 radical (unpaired) electrons. The van der Waals surface area contributed by atoms with Gasteiger partial charge < -0.3 is 0 Å². The third-order valence-corrected chi connectivity index (χ3v) is 3.78. The quantitative estimate of drug-likeness (QED) is 0.525. The molecule has 2 atom stereocenters. The van der Waals surface area contributed by atoms with Crippen LogP contribution in [0.2, 0.25) is 0 Å². The minimum absolute atomic E-state index is 0.301. The molecule has 0 saturated carbocycles. The van der Waals surface area contributed by atoms with E-state index in [2.05, 4.69) is 60.3 Å². The van der Waals surface area contributed by atoms with Crippen molar-refractivity contribution in [3.63, 3.8) is 0 Å². The number of hydrogen-bond donors (Lipinski definition) is 0. The van der Waals surface area contributed by atoms with Gasteiger partial charge in [0.15, 0.2) is 0 Å². The lowest BCUT2D eigenvalue weighted by Gasteiger charge is -2.41. The van der Waals surface area contributed by atoms with Gasteiger partial charge in [-0.05, 0) is 37.5 Å². The van der Waals surface area contributed by atoms with Crippen molar-refractivity contribution in [2.45, 2.75) is 54.4 Å². The maximum atomic E-state index is 4.13. The number of rotatable bonds is 6. The van der Waals surface area contributed by atoms with Crippen LogP contribution in [0.4, 0.5) is 0 Å². The van der Waals surface area contributed by atoms with E-state index in [4.69, 9.17) is 0 Å². The summed E-state index contributed by atoms with van der Waals surface area (Å²) in [4.78, 5) is 0. The summed E-state index contributed by atoms with van der Waals surface area (Å²) in [5.74, 6) is 1.23. The molecule has 0 amide bonds. The summed E-state index contributed by atoms with van der Waals surface area (Å²) in [5, 5.41) is 0. The van der Waals surface area contributed by atoms with Crippen LogP contribution in [-0.4, -0.2) is 0 Å². The highest BCUT2D eigenvalue weighted by Crippen LogP contribution is 2.44. The molecule has 0 aliphatic heterocycles. The fourth-order valence-electron chi connectivity index (χ4n) is 2.63. The van der Waals surface area contributed by atoms with Crippen molar-refractivity contribution in [1.29, 1.82) is 0 Å². The van der Waals surface area contributed by atoms with Crippen molar-refractivity contribution in [1.82, 2.24) is 0 Å². The minimum Gasteiger partial charge on any atom is -0.0998 e. The smallest absolute Gasteiger partial charge is 0.00329 e. The molecule has 0 N–H and O–H groups in total. The molecular formula is C15H28. The molecule has 15 heavy (non-hydrogen) atoms. The van der Waals surface area contributed by atoms with Crippen LogP contribution < -0.4 is 0 Å². The van der Waals surface area contributed by atoms with Crippen molar-refractivity contribution < 1.29 is 0 Å². The average Bonchev–Trinajstić information content (AvgIpc) is 2.15. The minimum atomic E-state index is 0.301. The largest absolute Gasteiger partial charge is 0.0998 e. The third kappa shape index (κ3) is 3.22. The van der Waals surface area contributed by atoms with Gasteiger partial charge in [-0.2, -0.15) is 0 Å². The molecule has 0 aromatic heterocycles. The van der Waals surface area contributed by atoms with Crippen molar-refractivity contribution in [2.24, 2.45) is 17.3 Å². The SMILES string of the molecule is C=C(C)C(C)C(C=CC)(CCC)C(C)C. The van der Waals surface area contributed by atoms with Crippen molar-refractivity contribution >= 4 is 0 Å². The first-order valence-electron chi connectivity index (χ1n) is 6.21. The Balaban J connectivity index is 5.19. The summed E-state index contributed by atoms with van der Waals surface area (Å²) in [6.45, 7) is 17.7. The van der Waals surface area contributed by atoms with Crippen LogP contribution in [0.1, 0.15) is 54.4 Å². The third-order valence-electron chi connectivity index (χ3n) is 3.78. The van der Waals surface area contributed by atoms with Crippen LogP contribution in [0.25, 0.3) is 0 Å². The molecule has 0 rings (SSSR count). The molecule has 0 nitrogen and oxygen atoms in total. The summed E-state index contributed by atoms with van der Waals surface area (Å²) in [5.41, 5.74) is 1.60. The highest BCUT2D eigenvalue weighted by molar-refractivity contribution is 5.12. The number of allylic oxidation sites excluding steroid dienone is 3. The predicted octanol–water partition coefficient (Wildman–Crippen LogP) is 5.22. The molecule has 0 bridgehead atoms. The second-order valence-corrected chi connectivity index (χ2v) is 5.09. The number of hydrogen-bond acceptors (Lipinski definition) is 0. The Morgan fingerprint density at radius 1 is 1.33 bits per heavy atom. The average molecular weight is 208 g/mol. The Kier molecular flexibility index (Phi) is 5.93. The van der Waals surface area contributed by atoms with Crippen LogP contribution in [0.3, 0.4) is 0 Å². The molecule has 0 heterocycles. The van der Waals surface area contributed by atoms with Crippen LogP contribution in [-0.2, 0) is 0 Å². The van der Waals surface area contributed by atoms with E-state index in [9.17, 15) is 0 Å². The van der Waals surface area contributed by atoms with E-state index in [1.54, 1.807) is 0 Å². The van der Waals surface area contributed by atoms with Gasteiger partial charge in [0.25, 0.3) is 0 Å². The van der Waals surface area contributed by atoms with Crippen molar-refractivity contribution in [2.75, 3.05) is 0 Å². The van der Waals surface area contributed by atoms with Gasteiger partial charge in [-0.1, -0.05) is 58.4 Å². The van der Waals surface area contributed by atoms with Gasteiger partial charge in [0.2, 0.25) is 0 Å². The van der Waals surface area contributed by atoms with E-state index in [1.807, 2.05) is 0 Å². The first-order chi connectivity index (χ1) is 6.92. The molecule has 0 fully saturated rings. The zero-order valence-corrected chi connectivity index (χ0v) is 11.4. The highest BCUT2D eigenvalue weighted by atomic mass is 14.4. The Bertz CT molecular complexity index is 222. The Morgan fingerprint density at radius 3 is 2.13 bits per heavy atom. The monoisotopic (exact) mass is 208 g/mol. The zero-order valence-electron chi connectivity index (χ0n) is 11.4. The van der Waals surface area contributed by atoms with E-state index in [0.717, 1.165) is 0 Å². The molecule has 2 unspecified atom stereocenters. The summed E-state index contributed by atoms with van der Waals surface area (Å²) in [6, 6.07) is 0. The van der Waals surface area contributed by atoms with E-state index in [1.165, 1.54) is 18.4 Å². The molecule has 88 valence electrons. The molecule has 0 aromatic carbocycles. The normalized spacial score (nSPS) is 18.1. The van der Waals surface area contributed by atoms with Crippen LogP contribution in [0.5, 0.6) is 0 Å². The summed E-state index contributed by atoms with van der Waals surface area (Å²) < 4.78 is 0. The van der Waals surface area contributed by atoms with E-state index in [-0.39, 0.29) is 0 Å². The second-order valence-electron chi connectivity index (χ2n) is 5.09. The van der Waals surface area contributed by atoms with Crippen LogP contribution >= 0.6 is 0 Å². The molecular weight excluding hydrogens is 180 g/mol. The predicted molar refractivity (Wildman–Crippen MR) is 71.0 cm³/mol. The van der Waals surface area contributed by atoms with Gasteiger partial charge in [0, 0.05) is 0 Å². The van der Waals surface area contributed by atoms with Crippen LogP contribution in [0.15, 0.2) is 24.3 Å². The lowest BCUT2D eigenvalue weighted by atomic mass is 9.63.